The van der Waals surface area contributed by atoms with Crippen molar-refractivity contribution in [2.45, 2.75) is 58.3 Å². The van der Waals surface area contributed by atoms with Crippen molar-refractivity contribution in [2.24, 2.45) is 0 Å². The number of carbonyl (C=O) groups excluding carboxylic acids is 2. The minimum absolute atomic E-state index is 0.317. The Labute approximate surface area is 163 Å². The lowest BCUT2D eigenvalue weighted by Gasteiger charge is -2.50. The van der Waals surface area contributed by atoms with Crippen LogP contribution in [-0.4, -0.2) is 41.4 Å². The first-order valence-corrected chi connectivity index (χ1v) is 9.34. The number of benzene rings is 1. The van der Waals surface area contributed by atoms with E-state index in [0.29, 0.717) is 13.1 Å². The summed E-state index contributed by atoms with van der Waals surface area (Å²) in [5.41, 5.74) is -0.971. The van der Waals surface area contributed by atoms with Gasteiger partial charge in [0.1, 0.15) is 16.7 Å². The van der Waals surface area contributed by atoms with E-state index in [9.17, 15) is 9.59 Å². The number of alkyl carbamates (subject to hydrolysis) is 1. The maximum Gasteiger partial charge on any atom is 0.410 e. The first kappa shape index (κ1) is 20.6. The normalized spacial score (nSPS) is 16.5. The Hall–Kier alpha value is -1.76. The predicted octanol–water partition coefficient (Wildman–Crippen LogP) is 4.42. The fourth-order valence-electron chi connectivity index (χ4n) is 2.68. The van der Waals surface area contributed by atoms with Crippen LogP contribution in [0.2, 0.25) is 0 Å². The van der Waals surface area contributed by atoms with Gasteiger partial charge in [-0.2, -0.15) is 0 Å². The third-order valence-electron chi connectivity index (χ3n) is 3.69. The number of likely N-dealkylation sites (tertiary alicyclic amines) is 1. The van der Waals surface area contributed by atoms with Crippen LogP contribution in [0.4, 0.5) is 9.59 Å². The minimum Gasteiger partial charge on any atom is -0.444 e. The zero-order valence-corrected chi connectivity index (χ0v) is 17.8. The van der Waals surface area contributed by atoms with E-state index in [1.807, 2.05) is 65.8 Å². The molecule has 7 heteroatoms. The maximum absolute atomic E-state index is 12.4. The van der Waals surface area contributed by atoms with Gasteiger partial charge in [-0.05, 0) is 59.2 Å². The molecule has 6 nitrogen and oxygen atoms in total. The van der Waals surface area contributed by atoms with Gasteiger partial charge >= 0.3 is 12.2 Å². The largest absolute Gasteiger partial charge is 0.444 e. The molecule has 1 saturated heterocycles. The van der Waals surface area contributed by atoms with Crippen molar-refractivity contribution < 1.29 is 19.1 Å². The van der Waals surface area contributed by atoms with E-state index in [-0.39, 0.29) is 0 Å². The zero-order chi connectivity index (χ0) is 19.8. The third-order valence-corrected chi connectivity index (χ3v) is 4.18. The fraction of sp³-hybridized carbons (Fsp3) is 0.579. The SMILES string of the molecule is CC(C)(C)OC(=O)NC1(c2cccc(Br)c2)CN(C(=O)OC(C)(C)C)C1. The number of ether oxygens (including phenoxy) is 2. The van der Waals surface area contributed by atoms with Crippen LogP contribution in [0.1, 0.15) is 47.1 Å². The highest BCUT2D eigenvalue weighted by atomic mass is 79.9. The summed E-state index contributed by atoms with van der Waals surface area (Å²) < 4.78 is 11.7. The number of hydrogen-bond acceptors (Lipinski definition) is 4. The van der Waals surface area contributed by atoms with Crippen molar-refractivity contribution in [3.05, 3.63) is 34.3 Å². The monoisotopic (exact) mass is 426 g/mol. The predicted molar refractivity (Wildman–Crippen MR) is 103 cm³/mol. The highest BCUT2D eigenvalue weighted by Gasteiger charge is 2.49. The summed E-state index contributed by atoms with van der Waals surface area (Å²) >= 11 is 3.46. The average molecular weight is 427 g/mol. The van der Waals surface area contributed by atoms with E-state index >= 15 is 0 Å². The van der Waals surface area contributed by atoms with Gasteiger partial charge in [-0.1, -0.05) is 28.1 Å². The molecule has 0 atom stereocenters. The summed E-state index contributed by atoms with van der Waals surface area (Å²) in [6.45, 7) is 11.5. The van der Waals surface area contributed by atoms with Gasteiger partial charge in [0.2, 0.25) is 0 Å². The minimum atomic E-state index is -0.705. The van der Waals surface area contributed by atoms with Crippen molar-refractivity contribution in [3.8, 4) is 0 Å². The quantitative estimate of drug-likeness (QED) is 0.759. The maximum atomic E-state index is 12.4. The molecule has 0 spiro atoms. The molecule has 0 saturated carbocycles. The molecule has 2 amide bonds. The topological polar surface area (TPSA) is 67.9 Å². The molecule has 0 unspecified atom stereocenters. The van der Waals surface area contributed by atoms with Gasteiger partial charge in [0.25, 0.3) is 0 Å². The van der Waals surface area contributed by atoms with Crippen LogP contribution in [0, 0.1) is 0 Å². The van der Waals surface area contributed by atoms with E-state index in [0.717, 1.165) is 10.0 Å². The molecule has 1 aliphatic rings. The second kappa shape index (κ2) is 7.10. The second-order valence-corrected chi connectivity index (χ2v) is 9.47. The molecule has 1 aromatic carbocycles. The molecule has 0 radical (unpaired) electrons. The van der Waals surface area contributed by atoms with Crippen LogP contribution in [0.3, 0.4) is 0 Å². The van der Waals surface area contributed by atoms with Crippen LogP contribution < -0.4 is 5.32 Å². The number of nitrogens with zero attached hydrogens (tertiary/aromatic N) is 1. The van der Waals surface area contributed by atoms with E-state index in [1.165, 1.54) is 0 Å². The summed E-state index contributed by atoms with van der Waals surface area (Å²) in [6, 6.07) is 7.67. The molecule has 1 fully saturated rings. The standard InChI is InChI=1S/C19H27BrN2O4/c1-17(2,3)25-15(23)21-19(13-8-7-9-14(20)10-13)11-22(12-19)16(24)26-18(4,5)6/h7-10H,11-12H2,1-6H3,(H,21,23). The molecule has 26 heavy (non-hydrogen) atoms. The lowest BCUT2D eigenvalue weighted by molar-refractivity contribution is -0.0230. The van der Waals surface area contributed by atoms with E-state index in [1.54, 1.807) is 4.90 Å². The Morgan fingerprint density at radius 1 is 1.08 bits per heavy atom. The van der Waals surface area contributed by atoms with Gasteiger partial charge in [0.05, 0.1) is 13.1 Å². The molecular weight excluding hydrogens is 400 g/mol. The zero-order valence-electron chi connectivity index (χ0n) is 16.2. The summed E-state index contributed by atoms with van der Waals surface area (Å²) in [6.07, 6.45) is -0.907. The van der Waals surface area contributed by atoms with Crippen LogP contribution in [0.15, 0.2) is 28.7 Å². The van der Waals surface area contributed by atoms with Gasteiger partial charge in [-0.3, -0.25) is 0 Å². The molecule has 1 aliphatic heterocycles. The Bertz CT molecular complexity index is 686. The molecular formula is C19H27BrN2O4. The summed E-state index contributed by atoms with van der Waals surface area (Å²) in [5.74, 6) is 0. The molecule has 1 aromatic rings. The van der Waals surface area contributed by atoms with Gasteiger partial charge in [0.15, 0.2) is 0 Å². The van der Waals surface area contributed by atoms with E-state index in [2.05, 4.69) is 21.2 Å². The number of rotatable bonds is 2. The molecule has 144 valence electrons. The average Bonchev–Trinajstić information content (AvgIpc) is 2.38. The number of amides is 2. The van der Waals surface area contributed by atoms with Gasteiger partial charge in [0, 0.05) is 4.47 Å². The highest BCUT2D eigenvalue weighted by Crippen LogP contribution is 2.34. The summed E-state index contributed by atoms with van der Waals surface area (Å²) in [7, 11) is 0. The van der Waals surface area contributed by atoms with Gasteiger partial charge in [-0.25, -0.2) is 9.59 Å². The number of hydrogen-bond donors (Lipinski definition) is 1. The van der Waals surface area contributed by atoms with Crippen molar-refractivity contribution in [2.75, 3.05) is 13.1 Å². The lowest BCUT2D eigenvalue weighted by atomic mass is 9.82. The van der Waals surface area contributed by atoms with Crippen LogP contribution >= 0.6 is 15.9 Å². The number of nitrogens with one attached hydrogen (secondary N) is 1. The lowest BCUT2D eigenvalue weighted by Crippen LogP contribution is -2.69. The van der Waals surface area contributed by atoms with Crippen LogP contribution in [0.25, 0.3) is 0 Å². The van der Waals surface area contributed by atoms with E-state index < -0.39 is 28.9 Å². The smallest absolute Gasteiger partial charge is 0.410 e. The Balaban J connectivity index is 2.18. The second-order valence-electron chi connectivity index (χ2n) is 8.56. The van der Waals surface area contributed by atoms with Gasteiger partial charge < -0.3 is 19.7 Å². The van der Waals surface area contributed by atoms with Crippen molar-refractivity contribution >= 4 is 28.1 Å². The van der Waals surface area contributed by atoms with Crippen molar-refractivity contribution in [1.82, 2.24) is 10.2 Å². The van der Waals surface area contributed by atoms with E-state index in [4.69, 9.17) is 9.47 Å². The Kier molecular flexibility index (Phi) is 5.61. The van der Waals surface area contributed by atoms with Crippen LogP contribution in [-0.2, 0) is 15.0 Å². The first-order valence-electron chi connectivity index (χ1n) is 8.55. The Morgan fingerprint density at radius 2 is 1.65 bits per heavy atom. The number of carbonyl (C=O) groups is 2. The molecule has 0 bridgehead atoms. The van der Waals surface area contributed by atoms with Crippen LogP contribution in [0.5, 0.6) is 0 Å². The highest BCUT2D eigenvalue weighted by molar-refractivity contribution is 9.10. The third kappa shape index (κ3) is 5.37. The fourth-order valence-corrected chi connectivity index (χ4v) is 3.08. The van der Waals surface area contributed by atoms with Crippen molar-refractivity contribution in [1.29, 1.82) is 0 Å². The van der Waals surface area contributed by atoms with Gasteiger partial charge in [-0.15, -0.1) is 0 Å². The van der Waals surface area contributed by atoms with Crippen molar-refractivity contribution in [3.63, 3.8) is 0 Å². The molecule has 0 aliphatic carbocycles. The molecule has 1 N–H and O–H groups in total. The number of halogens is 1. The molecule has 2 rings (SSSR count). The first-order chi connectivity index (χ1) is 11.8. The molecule has 1 heterocycles. The summed E-state index contributed by atoms with van der Waals surface area (Å²) in [4.78, 5) is 26.2. The Morgan fingerprint density at radius 3 is 2.15 bits per heavy atom. The molecule has 0 aromatic heterocycles. The summed E-state index contributed by atoms with van der Waals surface area (Å²) in [5, 5.41) is 2.95.